The molecule has 0 unspecified atom stereocenters. The standard InChI is InChI=1S/C9H12FN3O3S/c10-8-4-1-3-7(13-8)9(14)12-5-2-6-17(11,15)16/h1,3-4H,2,5-6H2,(H,12,14)(H2,11,15,16). The van der Waals surface area contributed by atoms with Gasteiger partial charge in [0, 0.05) is 6.54 Å². The predicted molar refractivity (Wildman–Crippen MR) is 59.1 cm³/mol. The van der Waals surface area contributed by atoms with E-state index in [1.807, 2.05) is 0 Å². The monoisotopic (exact) mass is 261 g/mol. The summed E-state index contributed by atoms with van der Waals surface area (Å²) in [5, 5.41) is 7.19. The molecule has 0 bridgehead atoms. The van der Waals surface area contributed by atoms with E-state index in [1.54, 1.807) is 0 Å². The number of pyridine rings is 1. The second-order valence-electron chi connectivity index (χ2n) is 3.32. The normalized spacial score (nSPS) is 11.2. The molecule has 6 nitrogen and oxygen atoms in total. The van der Waals surface area contributed by atoms with E-state index in [1.165, 1.54) is 12.1 Å². The largest absolute Gasteiger partial charge is 0.351 e. The highest BCUT2D eigenvalue weighted by Crippen LogP contribution is 1.97. The maximum atomic E-state index is 12.7. The van der Waals surface area contributed by atoms with Gasteiger partial charge in [0.05, 0.1) is 5.75 Å². The van der Waals surface area contributed by atoms with Crippen molar-refractivity contribution in [2.24, 2.45) is 5.14 Å². The SMILES string of the molecule is NS(=O)(=O)CCCNC(=O)c1cccc(F)n1. The van der Waals surface area contributed by atoms with Crippen LogP contribution in [0, 0.1) is 5.95 Å². The molecule has 0 spiro atoms. The minimum absolute atomic E-state index is 0.0550. The number of sulfonamides is 1. The Balaban J connectivity index is 2.41. The summed E-state index contributed by atoms with van der Waals surface area (Å²) in [7, 11) is -3.52. The molecule has 1 aromatic rings. The number of nitrogens with one attached hydrogen (secondary N) is 1. The molecule has 0 fully saturated rings. The van der Waals surface area contributed by atoms with Gasteiger partial charge in [-0.05, 0) is 18.6 Å². The first kappa shape index (κ1) is 13.5. The maximum Gasteiger partial charge on any atom is 0.269 e. The van der Waals surface area contributed by atoms with Crippen molar-refractivity contribution in [1.82, 2.24) is 10.3 Å². The fourth-order valence-electron chi connectivity index (χ4n) is 1.10. The Hall–Kier alpha value is -1.54. The van der Waals surface area contributed by atoms with Gasteiger partial charge in [-0.2, -0.15) is 4.39 Å². The van der Waals surface area contributed by atoms with Crippen molar-refractivity contribution in [1.29, 1.82) is 0 Å². The van der Waals surface area contributed by atoms with E-state index < -0.39 is 21.9 Å². The molecule has 0 aliphatic heterocycles. The number of hydrogen-bond donors (Lipinski definition) is 2. The number of halogens is 1. The third-order valence-electron chi connectivity index (χ3n) is 1.84. The van der Waals surface area contributed by atoms with Gasteiger partial charge in [0.2, 0.25) is 16.0 Å². The summed E-state index contributed by atoms with van der Waals surface area (Å²) < 4.78 is 33.9. The van der Waals surface area contributed by atoms with Gasteiger partial charge in [-0.3, -0.25) is 4.79 Å². The third kappa shape index (κ3) is 5.36. The van der Waals surface area contributed by atoms with Crippen molar-refractivity contribution in [3.63, 3.8) is 0 Å². The van der Waals surface area contributed by atoms with Crippen LogP contribution in [0.4, 0.5) is 4.39 Å². The molecule has 1 rings (SSSR count). The fourth-order valence-corrected chi connectivity index (χ4v) is 1.65. The zero-order valence-electron chi connectivity index (χ0n) is 8.89. The third-order valence-corrected chi connectivity index (χ3v) is 2.70. The zero-order valence-corrected chi connectivity index (χ0v) is 9.71. The Morgan fingerprint density at radius 1 is 1.47 bits per heavy atom. The lowest BCUT2D eigenvalue weighted by Gasteiger charge is -2.03. The summed E-state index contributed by atoms with van der Waals surface area (Å²) >= 11 is 0. The van der Waals surface area contributed by atoms with E-state index >= 15 is 0 Å². The van der Waals surface area contributed by atoms with Crippen LogP contribution >= 0.6 is 0 Å². The van der Waals surface area contributed by atoms with E-state index in [2.05, 4.69) is 10.3 Å². The van der Waals surface area contributed by atoms with Crippen molar-refractivity contribution < 1.29 is 17.6 Å². The first-order valence-corrected chi connectivity index (χ1v) is 6.51. The van der Waals surface area contributed by atoms with E-state index in [9.17, 15) is 17.6 Å². The number of carbonyl (C=O) groups excluding carboxylic acids is 1. The second kappa shape index (κ2) is 5.69. The van der Waals surface area contributed by atoms with Crippen molar-refractivity contribution in [2.75, 3.05) is 12.3 Å². The minimum atomic E-state index is -3.52. The molecule has 0 saturated carbocycles. The Kier molecular flexibility index (Phi) is 4.53. The first-order valence-electron chi connectivity index (χ1n) is 4.80. The van der Waals surface area contributed by atoms with Crippen molar-refractivity contribution in [2.45, 2.75) is 6.42 Å². The number of carbonyl (C=O) groups is 1. The average Bonchev–Trinajstić information content (AvgIpc) is 2.23. The van der Waals surface area contributed by atoms with Crippen LogP contribution in [0.2, 0.25) is 0 Å². The maximum absolute atomic E-state index is 12.7. The number of rotatable bonds is 5. The average molecular weight is 261 g/mol. The Labute approximate surface area is 98.1 Å². The fraction of sp³-hybridized carbons (Fsp3) is 0.333. The van der Waals surface area contributed by atoms with Crippen LogP contribution in [0.3, 0.4) is 0 Å². The van der Waals surface area contributed by atoms with Gasteiger partial charge in [0.25, 0.3) is 5.91 Å². The Morgan fingerprint density at radius 2 is 2.18 bits per heavy atom. The molecular weight excluding hydrogens is 249 g/mol. The van der Waals surface area contributed by atoms with Gasteiger partial charge in [-0.1, -0.05) is 6.07 Å². The molecule has 0 aliphatic rings. The summed E-state index contributed by atoms with van der Waals surface area (Å²) in [6.07, 6.45) is 0.194. The first-order chi connectivity index (χ1) is 7.88. The number of hydrogen-bond acceptors (Lipinski definition) is 4. The van der Waals surface area contributed by atoms with Gasteiger partial charge in [0.1, 0.15) is 5.69 Å². The molecule has 0 aliphatic carbocycles. The molecule has 1 heterocycles. The second-order valence-corrected chi connectivity index (χ2v) is 5.06. The minimum Gasteiger partial charge on any atom is -0.351 e. The summed E-state index contributed by atoms with van der Waals surface area (Å²) in [6, 6.07) is 3.84. The van der Waals surface area contributed by atoms with Crippen LogP contribution in [0.5, 0.6) is 0 Å². The lowest BCUT2D eigenvalue weighted by Crippen LogP contribution is -2.28. The summed E-state index contributed by atoms with van der Waals surface area (Å²) in [5.74, 6) is -1.52. The highest BCUT2D eigenvalue weighted by atomic mass is 32.2. The van der Waals surface area contributed by atoms with Gasteiger partial charge in [-0.25, -0.2) is 18.5 Å². The number of nitrogens with zero attached hydrogens (tertiary/aromatic N) is 1. The lowest BCUT2D eigenvalue weighted by atomic mass is 10.3. The molecule has 0 saturated heterocycles. The number of nitrogens with two attached hydrogens (primary N) is 1. The Morgan fingerprint density at radius 3 is 2.76 bits per heavy atom. The lowest BCUT2D eigenvalue weighted by molar-refractivity contribution is 0.0947. The van der Waals surface area contributed by atoms with Crippen LogP contribution < -0.4 is 10.5 Å². The summed E-state index contributed by atoms with van der Waals surface area (Å²) in [4.78, 5) is 14.8. The zero-order chi connectivity index (χ0) is 12.9. The van der Waals surface area contributed by atoms with E-state index in [-0.39, 0.29) is 24.4 Å². The van der Waals surface area contributed by atoms with Crippen LogP contribution in [0.1, 0.15) is 16.9 Å². The number of aromatic nitrogens is 1. The molecule has 0 radical (unpaired) electrons. The van der Waals surface area contributed by atoms with E-state index in [4.69, 9.17) is 5.14 Å². The smallest absolute Gasteiger partial charge is 0.269 e. The highest BCUT2D eigenvalue weighted by Gasteiger charge is 2.08. The molecule has 0 aromatic carbocycles. The van der Waals surface area contributed by atoms with Crippen LogP contribution in [-0.4, -0.2) is 31.6 Å². The van der Waals surface area contributed by atoms with Gasteiger partial charge in [-0.15, -0.1) is 0 Å². The molecule has 0 atom stereocenters. The molecule has 17 heavy (non-hydrogen) atoms. The van der Waals surface area contributed by atoms with Crippen LogP contribution in [-0.2, 0) is 10.0 Å². The van der Waals surface area contributed by atoms with Gasteiger partial charge in [0.15, 0.2) is 0 Å². The molecule has 1 aromatic heterocycles. The highest BCUT2D eigenvalue weighted by molar-refractivity contribution is 7.89. The van der Waals surface area contributed by atoms with Crippen LogP contribution in [0.15, 0.2) is 18.2 Å². The summed E-state index contributed by atoms with van der Waals surface area (Å²) in [5.41, 5.74) is -0.0550. The van der Waals surface area contributed by atoms with Crippen molar-refractivity contribution in [3.05, 3.63) is 29.8 Å². The topological polar surface area (TPSA) is 102 Å². The number of amides is 1. The van der Waals surface area contributed by atoms with E-state index in [0.717, 1.165) is 6.07 Å². The van der Waals surface area contributed by atoms with Crippen LogP contribution in [0.25, 0.3) is 0 Å². The van der Waals surface area contributed by atoms with Crippen molar-refractivity contribution >= 4 is 15.9 Å². The Bertz CT molecular complexity index is 504. The molecule has 8 heteroatoms. The van der Waals surface area contributed by atoms with Gasteiger partial charge >= 0.3 is 0 Å². The number of primary sulfonamides is 1. The quantitative estimate of drug-likeness (QED) is 0.557. The molecule has 1 amide bonds. The molecular formula is C9H12FN3O3S. The van der Waals surface area contributed by atoms with Gasteiger partial charge < -0.3 is 5.32 Å². The molecule has 94 valence electrons. The van der Waals surface area contributed by atoms with E-state index in [0.29, 0.717) is 0 Å². The summed E-state index contributed by atoms with van der Waals surface area (Å²) in [6.45, 7) is 0.132. The van der Waals surface area contributed by atoms with Crippen molar-refractivity contribution in [3.8, 4) is 0 Å². The predicted octanol–water partition coefficient (Wildman–Crippen LogP) is -0.371. The molecule has 3 N–H and O–H groups in total.